The van der Waals surface area contributed by atoms with E-state index in [0.29, 0.717) is 16.8 Å². The number of benzene rings is 2. The zero-order valence-corrected chi connectivity index (χ0v) is 10.7. The second kappa shape index (κ2) is 5.72. The van der Waals surface area contributed by atoms with Crippen LogP contribution in [0, 0.1) is 11.3 Å². The summed E-state index contributed by atoms with van der Waals surface area (Å²) in [5, 5.41) is 9.23. The van der Waals surface area contributed by atoms with Gasteiger partial charge in [0.05, 0.1) is 0 Å². The van der Waals surface area contributed by atoms with Crippen LogP contribution in [0.15, 0.2) is 60.2 Å². The topological polar surface area (TPSA) is 92.9 Å². The van der Waals surface area contributed by atoms with E-state index in [1.807, 2.05) is 36.4 Å². The van der Waals surface area contributed by atoms with Crippen LogP contribution < -0.4 is 11.5 Å². The number of carbonyl (C=O) groups is 1. The van der Waals surface area contributed by atoms with Gasteiger partial charge in [0.25, 0.3) is 5.91 Å². The highest BCUT2D eigenvalue weighted by Crippen LogP contribution is 2.30. The van der Waals surface area contributed by atoms with Crippen molar-refractivity contribution >= 4 is 17.2 Å². The summed E-state index contributed by atoms with van der Waals surface area (Å²) in [5.74, 6) is -0.769. The van der Waals surface area contributed by atoms with E-state index in [9.17, 15) is 10.1 Å². The second-order valence-corrected chi connectivity index (χ2v) is 4.18. The number of nitrogens with two attached hydrogens (primary N) is 2. The van der Waals surface area contributed by atoms with Crippen molar-refractivity contribution < 1.29 is 4.79 Å². The lowest BCUT2D eigenvalue weighted by molar-refractivity contribution is -0.114. The number of nitrogen functional groups attached to an aromatic ring is 1. The predicted molar refractivity (Wildman–Crippen MR) is 78.1 cm³/mol. The molecule has 4 N–H and O–H groups in total. The molecule has 2 aromatic carbocycles. The molecule has 0 bridgehead atoms. The molecule has 0 aromatic heterocycles. The fourth-order valence-electron chi connectivity index (χ4n) is 2.00. The van der Waals surface area contributed by atoms with Crippen LogP contribution in [0.1, 0.15) is 11.1 Å². The average molecular weight is 263 g/mol. The monoisotopic (exact) mass is 263 g/mol. The van der Waals surface area contributed by atoms with Crippen LogP contribution >= 0.6 is 0 Å². The molecule has 1 amide bonds. The smallest absolute Gasteiger partial charge is 0.260 e. The van der Waals surface area contributed by atoms with E-state index in [1.54, 1.807) is 24.3 Å². The standard InChI is InChI=1S/C16H13N3O/c17-10-13(16(19)20)15(11-6-2-1-3-7-11)12-8-4-5-9-14(12)18/h1-9H,18H2,(H2,19,20)/b15-13+. The summed E-state index contributed by atoms with van der Waals surface area (Å²) < 4.78 is 0. The SMILES string of the molecule is N#C/C(C(N)=O)=C(/c1ccccc1)c1ccccc1N. The Labute approximate surface area is 116 Å². The molecule has 4 nitrogen and oxygen atoms in total. The number of hydrogen-bond acceptors (Lipinski definition) is 3. The van der Waals surface area contributed by atoms with Crippen molar-refractivity contribution in [3.63, 3.8) is 0 Å². The summed E-state index contributed by atoms with van der Waals surface area (Å²) in [6.45, 7) is 0. The van der Waals surface area contributed by atoms with Gasteiger partial charge in [-0.2, -0.15) is 5.26 Å². The highest BCUT2D eigenvalue weighted by atomic mass is 16.1. The van der Waals surface area contributed by atoms with Crippen LogP contribution in [0.3, 0.4) is 0 Å². The molecule has 0 aliphatic carbocycles. The fourth-order valence-corrected chi connectivity index (χ4v) is 2.00. The van der Waals surface area contributed by atoms with E-state index < -0.39 is 5.91 Å². The lowest BCUT2D eigenvalue weighted by Gasteiger charge is -2.12. The Morgan fingerprint density at radius 2 is 1.60 bits per heavy atom. The quantitative estimate of drug-likeness (QED) is 0.504. The molecule has 0 radical (unpaired) electrons. The molecule has 0 spiro atoms. The van der Waals surface area contributed by atoms with E-state index in [0.717, 1.165) is 5.56 Å². The summed E-state index contributed by atoms with van der Waals surface area (Å²) in [4.78, 5) is 11.5. The predicted octanol–water partition coefficient (Wildman–Crippen LogP) is 2.08. The molecule has 0 aliphatic rings. The van der Waals surface area contributed by atoms with Crippen LogP contribution in [0.5, 0.6) is 0 Å². The van der Waals surface area contributed by atoms with Crippen molar-refractivity contribution in [2.75, 3.05) is 5.73 Å². The highest BCUT2D eigenvalue weighted by molar-refractivity contribution is 6.08. The van der Waals surface area contributed by atoms with Crippen molar-refractivity contribution in [1.82, 2.24) is 0 Å². The molecule has 0 saturated carbocycles. The Bertz CT molecular complexity index is 712. The third-order valence-corrected chi connectivity index (χ3v) is 2.90. The van der Waals surface area contributed by atoms with Crippen molar-refractivity contribution in [3.8, 4) is 6.07 Å². The minimum absolute atomic E-state index is 0.103. The molecule has 0 saturated heterocycles. The number of nitriles is 1. The number of hydrogen-bond donors (Lipinski definition) is 2. The number of nitrogens with zero attached hydrogens (tertiary/aromatic N) is 1. The van der Waals surface area contributed by atoms with Gasteiger partial charge in [-0.1, -0.05) is 48.5 Å². The third-order valence-electron chi connectivity index (χ3n) is 2.90. The Morgan fingerprint density at radius 1 is 1.00 bits per heavy atom. The maximum atomic E-state index is 11.5. The van der Waals surface area contributed by atoms with Crippen LogP contribution in [0.4, 0.5) is 5.69 Å². The van der Waals surface area contributed by atoms with Crippen molar-refractivity contribution in [2.24, 2.45) is 5.73 Å². The van der Waals surface area contributed by atoms with E-state index >= 15 is 0 Å². The van der Waals surface area contributed by atoms with Crippen LogP contribution in [-0.4, -0.2) is 5.91 Å². The number of rotatable bonds is 3. The van der Waals surface area contributed by atoms with Gasteiger partial charge in [0.15, 0.2) is 0 Å². The summed E-state index contributed by atoms with van der Waals surface area (Å²) in [5.41, 5.74) is 13.5. The lowest BCUT2D eigenvalue weighted by Crippen LogP contribution is -2.15. The number of anilines is 1. The second-order valence-electron chi connectivity index (χ2n) is 4.18. The maximum absolute atomic E-state index is 11.5. The van der Waals surface area contributed by atoms with E-state index in [1.165, 1.54) is 0 Å². The summed E-state index contributed by atoms with van der Waals surface area (Å²) in [7, 11) is 0. The zero-order chi connectivity index (χ0) is 14.5. The first-order valence-electron chi connectivity index (χ1n) is 5.99. The van der Waals surface area contributed by atoms with Crippen LogP contribution in [0.25, 0.3) is 5.57 Å². The molecule has 0 fully saturated rings. The number of amides is 1. The van der Waals surface area contributed by atoms with Gasteiger partial charge in [-0.3, -0.25) is 4.79 Å². The largest absolute Gasteiger partial charge is 0.398 e. The molecule has 98 valence electrons. The van der Waals surface area contributed by atoms with Gasteiger partial charge < -0.3 is 11.5 Å². The van der Waals surface area contributed by atoms with Crippen molar-refractivity contribution in [2.45, 2.75) is 0 Å². The van der Waals surface area contributed by atoms with Gasteiger partial charge in [-0.05, 0) is 11.6 Å². The Hall–Kier alpha value is -3.06. The Balaban J connectivity index is 2.80. The first kappa shape index (κ1) is 13.4. The molecule has 0 aliphatic heterocycles. The Kier molecular flexibility index (Phi) is 3.82. The minimum Gasteiger partial charge on any atom is -0.398 e. The normalized spacial score (nSPS) is 11.3. The Morgan fingerprint density at radius 3 is 2.15 bits per heavy atom. The van der Waals surface area contributed by atoms with Crippen LogP contribution in [0.2, 0.25) is 0 Å². The molecule has 2 rings (SSSR count). The highest BCUT2D eigenvalue weighted by Gasteiger charge is 2.17. The number of para-hydroxylation sites is 1. The molecular formula is C16H13N3O. The maximum Gasteiger partial charge on any atom is 0.260 e. The first-order chi connectivity index (χ1) is 9.65. The minimum atomic E-state index is -0.769. The number of carbonyl (C=O) groups excluding carboxylic acids is 1. The average Bonchev–Trinajstić information content (AvgIpc) is 2.46. The fraction of sp³-hybridized carbons (Fsp3) is 0. The third kappa shape index (κ3) is 2.52. The molecule has 20 heavy (non-hydrogen) atoms. The molecule has 4 heteroatoms. The van der Waals surface area contributed by atoms with Gasteiger partial charge in [-0.25, -0.2) is 0 Å². The lowest BCUT2D eigenvalue weighted by atomic mass is 9.92. The molecule has 0 heterocycles. The van der Waals surface area contributed by atoms with Gasteiger partial charge in [-0.15, -0.1) is 0 Å². The van der Waals surface area contributed by atoms with Gasteiger partial charge in [0, 0.05) is 16.8 Å². The summed E-state index contributed by atoms with van der Waals surface area (Å²) in [6, 6.07) is 18.1. The summed E-state index contributed by atoms with van der Waals surface area (Å²) in [6.07, 6.45) is 0. The molecule has 0 atom stereocenters. The van der Waals surface area contributed by atoms with Crippen molar-refractivity contribution in [3.05, 3.63) is 71.3 Å². The van der Waals surface area contributed by atoms with Gasteiger partial charge in [0.2, 0.25) is 0 Å². The van der Waals surface area contributed by atoms with Crippen LogP contribution in [-0.2, 0) is 4.79 Å². The molecule has 2 aromatic rings. The van der Waals surface area contributed by atoms with Gasteiger partial charge >= 0.3 is 0 Å². The molecule has 0 unspecified atom stereocenters. The molecular weight excluding hydrogens is 250 g/mol. The van der Waals surface area contributed by atoms with E-state index in [4.69, 9.17) is 11.5 Å². The van der Waals surface area contributed by atoms with Gasteiger partial charge in [0.1, 0.15) is 11.6 Å². The summed E-state index contributed by atoms with van der Waals surface area (Å²) >= 11 is 0. The number of primary amides is 1. The zero-order valence-electron chi connectivity index (χ0n) is 10.7. The van der Waals surface area contributed by atoms with E-state index in [2.05, 4.69) is 0 Å². The van der Waals surface area contributed by atoms with E-state index in [-0.39, 0.29) is 5.57 Å². The van der Waals surface area contributed by atoms with Crippen molar-refractivity contribution in [1.29, 1.82) is 5.26 Å². The first-order valence-corrected chi connectivity index (χ1v) is 5.99.